The average molecular weight is 1420 g/mol. The summed E-state index contributed by atoms with van der Waals surface area (Å²) in [4.78, 5) is 2.48. The van der Waals surface area contributed by atoms with Crippen molar-refractivity contribution in [1.29, 1.82) is 0 Å². The predicted octanol–water partition coefficient (Wildman–Crippen LogP) is 21.2. The molecule has 7 atom stereocenters. The first-order chi connectivity index (χ1) is 47.2. The molecule has 0 saturated heterocycles. The number of rotatable bonds is 23. The van der Waals surface area contributed by atoms with E-state index in [9.17, 15) is 0 Å². The van der Waals surface area contributed by atoms with Crippen molar-refractivity contribution >= 4 is 0 Å². The topological polar surface area (TPSA) is 112 Å². The Morgan fingerprint density at radius 2 is 0.802 bits per heavy atom. The van der Waals surface area contributed by atoms with E-state index in [1.807, 2.05) is 0 Å². The highest BCUT2D eigenvalue weighted by Crippen LogP contribution is 2.60. The highest BCUT2D eigenvalue weighted by molar-refractivity contribution is 5.07. The number of nitrogens with one attached hydrogen (secondary N) is 9. The molecule has 12 bridgehead atoms. The van der Waals surface area contributed by atoms with Crippen molar-refractivity contribution in [1.82, 2.24) is 52.8 Å². The van der Waals surface area contributed by atoms with Gasteiger partial charge in [0.15, 0.2) is 0 Å². The SMILES string of the molecule is CC(C)N(C)C1CCC1.CC(C)NC(C)C.CC(C)NC1(C)CCC1.CC(C)NC12CC3CC(CC(C3)C1)C2.CC(C)NC1CC2CCC1C2.CC(C)NC1CC2CCC1C2.CC(C)NC1CCC1.CC(C)NCC12CC3CC(CC(C3)C1)C2.CCC(C)(C)NC(C)C.CCC(C)NC(C)C. The third-order valence-corrected chi connectivity index (χ3v) is 25.9. The standard InChI is InChI=1S/C14H25N.C13H23N.2C10H19N.2C8H17N.C8H19N.C7H15N.C7H17N.C6H15N/c1-10(2)15-9-14-6-11-3-12(7-14)5-13(4-11)8-14;1-9(2)14-13-6-10-3-11(7-13)5-12(4-10)8-13;2*1-7(2)11-10-6-8-3-4-9(10)5-8;1-7(2)9(3)8-5-4-6-8;1-7(2)9-8(3)5-4-6-8;1-6-8(4,5)9-7(2)3;1-6(2)8-7-4-3-5-7;1-5-7(4)8-6(2)3;1-5(2)7-6(3)4/h10-13,15H,3-9H2,1-2H3;9-12,14H,3-8H2,1-2H3;2*7-11H,3-6H2,1-2H3;7-8H,4-6H2,1-3H3;7,9H,4-6H2,1-3H3;7,9H,6H2,1-5H3;6-8H,3-5H2,1-2H3;6-8H,5H2,1-4H3;5-7H,1-4H3. The third kappa shape index (κ3) is 36.3. The maximum absolute atomic E-state index is 3.89. The van der Waals surface area contributed by atoms with E-state index >= 15 is 0 Å². The first-order valence-electron chi connectivity index (χ1n) is 44.8. The monoisotopic (exact) mass is 1420 g/mol. The normalized spacial score (nSPS) is 32.0. The average Bonchev–Trinajstić information content (AvgIpc) is 1.65. The minimum atomic E-state index is 0.314. The minimum Gasteiger partial charge on any atom is -0.314 e. The predicted molar refractivity (Wildman–Crippen MR) is 449 cm³/mol. The molecule has 7 unspecified atom stereocenters. The Balaban J connectivity index is 0.000000240. The van der Waals surface area contributed by atoms with Crippen molar-refractivity contribution in [2.24, 2.45) is 64.6 Å². The van der Waals surface area contributed by atoms with E-state index in [0.29, 0.717) is 83.1 Å². The van der Waals surface area contributed by atoms with E-state index in [1.165, 1.54) is 148 Å². The van der Waals surface area contributed by atoms with Crippen LogP contribution in [-0.2, 0) is 0 Å². The van der Waals surface area contributed by atoms with Gasteiger partial charge < -0.3 is 52.8 Å². The molecule has 15 fully saturated rings. The lowest BCUT2D eigenvalue weighted by atomic mass is 9.49. The molecule has 101 heavy (non-hydrogen) atoms. The Bertz CT molecular complexity index is 1950. The fourth-order valence-corrected chi connectivity index (χ4v) is 21.6. The number of fused-ring (bicyclic) bond motifs is 4. The summed E-state index contributed by atoms with van der Waals surface area (Å²) in [5.74, 6) is 10.8. The molecule has 15 saturated carbocycles. The summed E-state index contributed by atoms with van der Waals surface area (Å²) in [6, 6.07) is 11.4. The fraction of sp³-hybridized carbons (Fsp3) is 1.00. The molecule has 0 aromatic rings. The molecule has 0 aromatic carbocycles. The van der Waals surface area contributed by atoms with E-state index in [-0.39, 0.29) is 0 Å². The Kier molecular flexibility index (Phi) is 42.1. The van der Waals surface area contributed by atoms with Gasteiger partial charge in [0.25, 0.3) is 0 Å². The molecule has 0 spiro atoms. The molecule has 600 valence electrons. The molecule has 0 aliphatic heterocycles. The van der Waals surface area contributed by atoms with Gasteiger partial charge in [-0.05, 0) is 287 Å². The van der Waals surface area contributed by atoms with Crippen LogP contribution in [0, 0.1) is 64.6 Å². The van der Waals surface area contributed by atoms with Crippen molar-refractivity contribution in [3.63, 3.8) is 0 Å². The van der Waals surface area contributed by atoms with Crippen molar-refractivity contribution in [3.05, 3.63) is 0 Å². The van der Waals surface area contributed by atoms with Crippen LogP contribution in [0.2, 0.25) is 0 Å². The van der Waals surface area contributed by atoms with Gasteiger partial charge in [-0.3, -0.25) is 0 Å². The second-order valence-corrected chi connectivity index (χ2v) is 41.3. The van der Waals surface area contributed by atoms with Crippen molar-refractivity contribution in [2.45, 2.75) is 506 Å². The van der Waals surface area contributed by atoms with Crippen LogP contribution >= 0.6 is 0 Å². The summed E-state index contributed by atoms with van der Waals surface area (Å²) >= 11 is 0. The lowest BCUT2D eigenvalue weighted by Crippen LogP contribution is -2.59. The summed E-state index contributed by atoms with van der Waals surface area (Å²) in [5, 5.41) is 32.1. The van der Waals surface area contributed by atoms with Gasteiger partial charge in [-0.1, -0.05) is 178 Å². The summed E-state index contributed by atoms with van der Waals surface area (Å²) in [6.07, 6.45) is 45.5. The first-order valence-corrected chi connectivity index (χ1v) is 44.8. The van der Waals surface area contributed by atoms with Crippen LogP contribution in [0.1, 0.15) is 393 Å². The van der Waals surface area contributed by atoms with Crippen molar-refractivity contribution in [3.8, 4) is 0 Å². The molecular formula is C91H186N10. The van der Waals surface area contributed by atoms with Gasteiger partial charge in [-0.25, -0.2) is 0 Å². The molecule has 10 heteroatoms. The molecule has 10 nitrogen and oxygen atoms in total. The summed E-state index contributed by atoms with van der Waals surface area (Å²) < 4.78 is 0. The Morgan fingerprint density at radius 1 is 0.396 bits per heavy atom. The Morgan fingerprint density at radius 3 is 1.00 bits per heavy atom. The maximum Gasteiger partial charge on any atom is 0.0191 e. The van der Waals surface area contributed by atoms with Crippen LogP contribution in [0.4, 0.5) is 0 Å². The van der Waals surface area contributed by atoms with Gasteiger partial charge in [-0.15, -0.1) is 0 Å². The molecular weight excluding hydrogens is 1230 g/mol. The molecule has 15 rings (SSSR count). The molecule has 15 aliphatic carbocycles. The van der Waals surface area contributed by atoms with Crippen LogP contribution in [-0.4, -0.2) is 132 Å². The summed E-state index contributed by atoms with van der Waals surface area (Å²) in [6.45, 7) is 63.5. The third-order valence-electron chi connectivity index (χ3n) is 25.9. The lowest BCUT2D eigenvalue weighted by molar-refractivity contribution is -0.0520. The second-order valence-electron chi connectivity index (χ2n) is 41.3. The largest absolute Gasteiger partial charge is 0.314 e. The van der Waals surface area contributed by atoms with Gasteiger partial charge in [-0.2, -0.15) is 0 Å². The summed E-state index contributed by atoms with van der Waals surface area (Å²) in [5.41, 5.74) is 2.10. The van der Waals surface area contributed by atoms with Crippen LogP contribution in [0.15, 0.2) is 0 Å². The van der Waals surface area contributed by atoms with E-state index < -0.39 is 0 Å². The zero-order valence-corrected chi connectivity index (χ0v) is 73.6. The fourth-order valence-electron chi connectivity index (χ4n) is 21.6. The smallest absolute Gasteiger partial charge is 0.0191 e. The Labute approximate surface area is 633 Å². The van der Waals surface area contributed by atoms with Crippen LogP contribution in [0.25, 0.3) is 0 Å². The highest BCUT2D eigenvalue weighted by Gasteiger charge is 2.52. The second kappa shape index (κ2) is 45.7. The van der Waals surface area contributed by atoms with E-state index in [4.69, 9.17) is 0 Å². The molecule has 0 radical (unpaired) electrons. The van der Waals surface area contributed by atoms with Crippen molar-refractivity contribution < 1.29 is 0 Å². The van der Waals surface area contributed by atoms with Crippen LogP contribution in [0.3, 0.4) is 0 Å². The van der Waals surface area contributed by atoms with Crippen molar-refractivity contribution in [2.75, 3.05) is 13.6 Å². The van der Waals surface area contributed by atoms with E-state index in [2.05, 4.69) is 254 Å². The first kappa shape index (κ1) is 93.0. The van der Waals surface area contributed by atoms with E-state index in [1.54, 1.807) is 57.8 Å². The maximum atomic E-state index is 3.89. The van der Waals surface area contributed by atoms with Gasteiger partial charge >= 0.3 is 0 Å². The number of hydrogen-bond acceptors (Lipinski definition) is 10. The molecule has 0 heterocycles. The van der Waals surface area contributed by atoms with Gasteiger partial charge in [0.1, 0.15) is 0 Å². The molecule has 15 aliphatic rings. The number of hydrogen-bond donors (Lipinski definition) is 9. The zero-order valence-electron chi connectivity index (χ0n) is 73.6. The van der Waals surface area contributed by atoms with Gasteiger partial charge in [0, 0.05) is 120 Å². The highest BCUT2D eigenvalue weighted by atomic mass is 15.2. The van der Waals surface area contributed by atoms with Crippen LogP contribution < -0.4 is 47.9 Å². The van der Waals surface area contributed by atoms with E-state index in [0.717, 1.165) is 94.8 Å². The van der Waals surface area contributed by atoms with Gasteiger partial charge in [0.2, 0.25) is 0 Å². The number of nitrogens with zero attached hydrogens (tertiary/aromatic N) is 1. The summed E-state index contributed by atoms with van der Waals surface area (Å²) in [7, 11) is 2.23. The molecule has 9 N–H and O–H groups in total. The lowest BCUT2D eigenvalue weighted by Gasteiger charge is -2.57. The molecule has 0 aromatic heterocycles. The van der Waals surface area contributed by atoms with Gasteiger partial charge in [0.05, 0.1) is 0 Å². The quantitative estimate of drug-likeness (QED) is 0.0491. The zero-order chi connectivity index (χ0) is 75.6. The van der Waals surface area contributed by atoms with Crippen LogP contribution in [0.5, 0.6) is 0 Å². The minimum absolute atomic E-state index is 0.314. The Hall–Kier alpha value is -0.400. The molecule has 0 amide bonds.